The Morgan fingerprint density at radius 3 is 2.41 bits per heavy atom. The van der Waals surface area contributed by atoms with E-state index in [1.54, 1.807) is 12.1 Å². The molecule has 0 radical (unpaired) electrons. The molecule has 22 heavy (non-hydrogen) atoms. The summed E-state index contributed by atoms with van der Waals surface area (Å²) in [7, 11) is 0. The second-order valence-corrected chi connectivity index (χ2v) is 7.85. The van der Waals surface area contributed by atoms with Crippen molar-refractivity contribution in [2.45, 2.75) is 58.9 Å². The summed E-state index contributed by atoms with van der Waals surface area (Å²) in [4.78, 5) is 0. The first kappa shape index (κ1) is 17.9. The zero-order valence-electron chi connectivity index (χ0n) is 14.0. The van der Waals surface area contributed by atoms with Gasteiger partial charge in [0.2, 0.25) is 0 Å². The van der Waals surface area contributed by atoms with E-state index in [1.165, 1.54) is 24.8 Å². The lowest BCUT2D eigenvalue weighted by Gasteiger charge is -2.39. The second kappa shape index (κ2) is 6.60. The van der Waals surface area contributed by atoms with Gasteiger partial charge in [-0.1, -0.05) is 32.9 Å². The number of halogens is 2. The van der Waals surface area contributed by atoms with Crippen molar-refractivity contribution < 1.29 is 4.39 Å². The number of benzene rings is 1. The summed E-state index contributed by atoms with van der Waals surface area (Å²) in [5, 5.41) is 3.82. The lowest BCUT2D eigenvalue weighted by Crippen LogP contribution is -2.44. The second-order valence-electron chi connectivity index (χ2n) is 7.85. The number of nitrogens with one attached hydrogen (secondary N) is 1. The molecule has 124 valence electrons. The van der Waals surface area contributed by atoms with Crippen molar-refractivity contribution >= 4 is 17.0 Å². The predicted octanol–water partition coefficient (Wildman–Crippen LogP) is 5.14. The van der Waals surface area contributed by atoms with Crippen LogP contribution in [0.1, 0.15) is 52.0 Å². The third-order valence-electron chi connectivity index (χ3n) is 6.74. The maximum atomic E-state index is 12.9. The van der Waals surface area contributed by atoms with Crippen LogP contribution < -0.4 is 5.32 Å². The summed E-state index contributed by atoms with van der Waals surface area (Å²) in [5.74, 6) is 0.756. The highest BCUT2D eigenvalue weighted by atomic mass is 79.9. The van der Waals surface area contributed by atoms with Gasteiger partial charge in [-0.15, -0.1) is 17.0 Å². The normalized spacial score (nSPS) is 32.0. The molecule has 1 nitrogen and oxygen atoms in total. The van der Waals surface area contributed by atoms with Crippen LogP contribution in [0.3, 0.4) is 0 Å². The first-order valence-electron chi connectivity index (χ1n) is 8.41. The van der Waals surface area contributed by atoms with Crippen LogP contribution >= 0.6 is 17.0 Å². The molecule has 0 saturated heterocycles. The van der Waals surface area contributed by atoms with Crippen molar-refractivity contribution in [2.24, 2.45) is 16.7 Å². The SMILES string of the molecule is Br.CC1(C)[C@H]2CC[C@]1(C)[C@H](NCCCc1ccc(F)cc1)C2. The molecule has 2 fully saturated rings. The van der Waals surface area contributed by atoms with E-state index in [0.29, 0.717) is 16.9 Å². The van der Waals surface area contributed by atoms with Crippen LogP contribution in [-0.4, -0.2) is 12.6 Å². The smallest absolute Gasteiger partial charge is 0.123 e. The minimum absolute atomic E-state index is 0. The molecule has 0 spiro atoms. The predicted molar refractivity (Wildman–Crippen MR) is 96.1 cm³/mol. The summed E-state index contributed by atoms with van der Waals surface area (Å²) in [6, 6.07) is 7.60. The Morgan fingerprint density at radius 2 is 1.86 bits per heavy atom. The Bertz CT molecular complexity index is 499. The van der Waals surface area contributed by atoms with E-state index < -0.39 is 0 Å². The number of aryl methyl sites for hydroxylation is 1. The van der Waals surface area contributed by atoms with Gasteiger partial charge in [0.25, 0.3) is 0 Å². The van der Waals surface area contributed by atoms with Crippen LogP contribution in [0.15, 0.2) is 24.3 Å². The van der Waals surface area contributed by atoms with Crippen molar-refractivity contribution in [3.05, 3.63) is 35.6 Å². The Balaban J connectivity index is 0.00000176. The minimum Gasteiger partial charge on any atom is -0.313 e. The average Bonchev–Trinajstić information content (AvgIpc) is 2.78. The summed E-state index contributed by atoms with van der Waals surface area (Å²) >= 11 is 0. The number of hydrogen-bond donors (Lipinski definition) is 1. The molecule has 1 N–H and O–H groups in total. The Kier molecular flexibility index (Phi) is 5.38. The van der Waals surface area contributed by atoms with Crippen molar-refractivity contribution in [3.63, 3.8) is 0 Å². The monoisotopic (exact) mass is 369 g/mol. The fourth-order valence-electron chi connectivity index (χ4n) is 4.73. The van der Waals surface area contributed by atoms with Gasteiger partial charge in [-0.3, -0.25) is 0 Å². The van der Waals surface area contributed by atoms with E-state index in [0.717, 1.165) is 25.3 Å². The highest BCUT2D eigenvalue weighted by Gasteiger charge is 2.60. The van der Waals surface area contributed by atoms with E-state index in [2.05, 4.69) is 26.1 Å². The van der Waals surface area contributed by atoms with Crippen LogP contribution in [-0.2, 0) is 6.42 Å². The molecule has 1 aromatic rings. The van der Waals surface area contributed by atoms with Crippen LogP contribution in [0, 0.1) is 22.6 Å². The van der Waals surface area contributed by atoms with Gasteiger partial charge in [-0.2, -0.15) is 0 Å². The zero-order valence-corrected chi connectivity index (χ0v) is 15.7. The maximum absolute atomic E-state index is 12.9. The lowest BCUT2D eigenvalue weighted by atomic mass is 9.69. The topological polar surface area (TPSA) is 12.0 Å². The molecule has 0 aromatic heterocycles. The van der Waals surface area contributed by atoms with Gasteiger partial charge in [0.1, 0.15) is 5.82 Å². The zero-order chi connectivity index (χ0) is 15.1. The van der Waals surface area contributed by atoms with E-state index in [1.807, 2.05) is 12.1 Å². The minimum atomic E-state index is -0.144. The molecule has 0 amide bonds. The molecular weight excluding hydrogens is 341 g/mol. The molecule has 2 aliphatic carbocycles. The van der Waals surface area contributed by atoms with E-state index in [4.69, 9.17) is 0 Å². The molecule has 0 unspecified atom stereocenters. The molecule has 2 saturated carbocycles. The van der Waals surface area contributed by atoms with Gasteiger partial charge in [0, 0.05) is 6.04 Å². The molecule has 0 heterocycles. The lowest BCUT2D eigenvalue weighted by molar-refractivity contribution is 0.121. The van der Waals surface area contributed by atoms with Crippen molar-refractivity contribution in [3.8, 4) is 0 Å². The molecule has 1 aromatic carbocycles. The quantitative estimate of drug-likeness (QED) is 0.708. The van der Waals surface area contributed by atoms with Crippen molar-refractivity contribution in [1.82, 2.24) is 5.32 Å². The highest BCUT2D eigenvalue weighted by Crippen LogP contribution is 2.65. The number of rotatable bonds is 5. The molecule has 3 heteroatoms. The van der Waals surface area contributed by atoms with Gasteiger partial charge >= 0.3 is 0 Å². The van der Waals surface area contributed by atoms with Crippen LogP contribution in [0.5, 0.6) is 0 Å². The Morgan fingerprint density at radius 1 is 1.18 bits per heavy atom. The fraction of sp³-hybridized carbons (Fsp3) is 0.684. The van der Waals surface area contributed by atoms with Crippen LogP contribution in [0.25, 0.3) is 0 Å². The molecule has 2 bridgehead atoms. The van der Waals surface area contributed by atoms with E-state index >= 15 is 0 Å². The summed E-state index contributed by atoms with van der Waals surface area (Å²) in [5.41, 5.74) is 2.19. The standard InChI is InChI=1S/C19H28FN.BrH/c1-18(2)15-10-11-19(18,3)17(13-15)21-12-4-5-14-6-8-16(20)9-7-14;/h6-9,15,17,21H,4-5,10-13H2,1-3H3;1H/t15-,17+,19+;/m0./s1. The molecule has 3 atom stereocenters. The summed E-state index contributed by atoms with van der Waals surface area (Å²) < 4.78 is 12.9. The van der Waals surface area contributed by atoms with E-state index in [9.17, 15) is 4.39 Å². The fourth-order valence-corrected chi connectivity index (χ4v) is 4.73. The molecule has 3 rings (SSSR count). The van der Waals surface area contributed by atoms with Crippen molar-refractivity contribution in [2.75, 3.05) is 6.54 Å². The van der Waals surface area contributed by atoms with Gasteiger partial charge in [0.15, 0.2) is 0 Å². The molecule has 0 aliphatic heterocycles. The Hall–Kier alpha value is -0.410. The first-order valence-corrected chi connectivity index (χ1v) is 8.41. The maximum Gasteiger partial charge on any atom is 0.123 e. The Labute approximate surface area is 144 Å². The van der Waals surface area contributed by atoms with Gasteiger partial charge in [-0.05, 0) is 73.1 Å². The van der Waals surface area contributed by atoms with Crippen LogP contribution in [0.2, 0.25) is 0 Å². The molecule has 2 aliphatic rings. The third kappa shape index (κ3) is 2.99. The van der Waals surface area contributed by atoms with Gasteiger partial charge in [-0.25, -0.2) is 4.39 Å². The van der Waals surface area contributed by atoms with Gasteiger partial charge in [0.05, 0.1) is 0 Å². The van der Waals surface area contributed by atoms with Crippen molar-refractivity contribution in [1.29, 1.82) is 0 Å². The largest absolute Gasteiger partial charge is 0.313 e. The number of fused-ring (bicyclic) bond motifs is 2. The number of hydrogen-bond acceptors (Lipinski definition) is 1. The first-order chi connectivity index (χ1) is 9.93. The van der Waals surface area contributed by atoms with Gasteiger partial charge < -0.3 is 5.32 Å². The summed E-state index contributed by atoms with van der Waals surface area (Å²) in [6.07, 6.45) is 6.30. The van der Waals surface area contributed by atoms with E-state index in [-0.39, 0.29) is 22.8 Å². The summed E-state index contributed by atoms with van der Waals surface area (Å²) in [6.45, 7) is 8.48. The third-order valence-corrected chi connectivity index (χ3v) is 6.74. The molecular formula is C19H29BrFN. The highest BCUT2D eigenvalue weighted by molar-refractivity contribution is 8.93. The van der Waals surface area contributed by atoms with Crippen LogP contribution in [0.4, 0.5) is 4.39 Å². The average molecular weight is 370 g/mol.